The quantitative estimate of drug-likeness (QED) is 0.663. The third kappa shape index (κ3) is 4.11. The van der Waals surface area contributed by atoms with Crippen molar-refractivity contribution in [3.63, 3.8) is 0 Å². The number of pyridine rings is 1. The summed E-state index contributed by atoms with van der Waals surface area (Å²) in [6.45, 7) is 1.66. The average Bonchev–Trinajstić information content (AvgIpc) is 3.03. The molecule has 0 fully saturated rings. The molecule has 24 heavy (non-hydrogen) atoms. The predicted molar refractivity (Wildman–Crippen MR) is 87.4 cm³/mol. The van der Waals surface area contributed by atoms with Gasteiger partial charge < -0.3 is 0 Å². The number of rotatable bonds is 8. The first-order chi connectivity index (χ1) is 11.4. The number of aromatic nitrogens is 3. The van der Waals surface area contributed by atoms with E-state index in [0.29, 0.717) is 18.1 Å². The lowest BCUT2D eigenvalue weighted by Crippen LogP contribution is -2.30. The smallest absolute Gasteiger partial charge is 0.277 e. The van der Waals surface area contributed by atoms with Crippen LogP contribution in [0.1, 0.15) is 26.2 Å². The molecule has 2 aromatic heterocycles. The van der Waals surface area contributed by atoms with Crippen molar-refractivity contribution in [1.82, 2.24) is 18.8 Å². The highest BCUT2D eigenvalue weighted by Crippen LogP contribution is 2.24. The minimum atomic E-state index is -3.55. The molecule has 0 amide bonds. The standard InChI is InChI=1S/C14H18F2N4O2S2/c1-3-19(4-2)24(21,22)11-5-6-13(18-9-11)23-10-12-17-7-8-20(12)14(15)16/h5-9,14H,3-4,10H2,1-2H3. The maximum Gasteiger partial charge on any atom is 0.319 e. The van der Waals surface area contributed by atoms with E-state index in [1.807, 2.05) is 0 Å². The molecule has 6 nitrogen and oxygen atoms in total. The van der Waals surface area contributed by atoms with Gasteiger partial charge in [-0.2, -0.15) is 13.1 Å². The molecule has 0 unspecified atom stereocenters. The first-order valence-electron chi connectivity index (χ1n) is 7.29. The van der Waals surface area contributed by atoms with Gasteiger partial charge in [-0.25, -0.2) is 18.4 Å². The molecule has 0 bridgehead atoms. The van der Waals surface area contributed by atoms with Gasteiger partial charge in [0.2, 0.25) is 10.0 Å². The first kappa shape index (κ1) is 18.8. The van der Waals surface area contributed by atoms with Crippen LogP contribution in [0, 0.1) is 0 Å². The Morgan fingerprint density at radius 2 is 1.96 bits per heavy atom. The van der Waals surface area contributed by atoms with E-state index in [1.165, 1.54) is 40.7 Å². The van der Waals surface area contributed by atoms with Crippen LogP contribution in [0.4, 0.5) is 8.78 Å². The predicted octanol–water partition coefficient (Wildman–Crippen LogP) is 3.00. The van der Waals surface area contributed by atoms with Crippen LogP contribution in [0.5, 0.6) is 0 Å². The summed E-state index contributed by atoms with van der Waals surface area (Å²) >= 11 is 1.21. The number of thioether (sulfide) groups is 1. The van der Waals surface area contributed by atoms with Crippen molar-refractivity contribution in [3.05, 3.63) is 36.5 Å². The minimum Gasteiger partial charge on any atom is -0.277 e. The van der Waals surface area contributed by atoms with Crippen molar-refractivity contribution < 1.29 is 17.2 Å². The molecule has 132 valence electrons. The lowest BCUT2D eigenvalue weighted by molar-refractivity contribution is 0.0678. The summed E-state index contributed by atoms with van der Waals surface area (Å²) in [5.74, 6) is 0.448. The van der Waals surface area contributed by atoms with Gasteiger partial charge in [0.25, 0.3) is 0 Å². The average molecular weight is 376 g/mol. The van der Waals surface area contributed by atoms with E-state index >= 15 is 0 Å². The fourth-order valence-electron chi connectivity index (χ4n) is 2.09. The number of imidazole rings is 1. The maximum absolute atomic E-state index is 12.7. The van der Waals surface area contributed by atoms with Crippen molar-refractivity contribution in [1.29, 1.82) is 0 Å². The monoisotopic (exact) mass is 376 g/mol. The summed E-state index contributed by atoms with van der Waals surface area (Å²) < 4.78 is 52.3. The van der Waals surface area contributed by atoms with Crippen LogP contribution < -0.4 is 0 Å². The van der Waals surface area contributed by atoms with Crippen LogP contribution in [0.2, 0.25) is 0 Å². The second-order valence-corrected chi connectivity index (χ2v) is 7.67. The van der Waals surface area contributed by atoms with Crippen molar-refractivity contribution >= 4 is 21.8 Å². The van der Waals surface area contributed by atoms with E-state index in [0.717, 1.165) is 4.57 Å². The van der Waals surface area contributed by atoms with Crippen LogP contribution in [0.3, 0.4) is 0 Å². The molecule has 0 aliphatic rings. The van der Waals surface area contributed by atoms with E-state index in [-0.39, 0.29) is 16.5 Å². The molecular formula is C14H18F2N4O2S2. The second-order valence-electron chi connectivity index (χ2n) is 4.74. The van der Waals surface area contributed by atoms with Gasteiger partial charge in [-0.3, -0.25) is 4.57 Å². The minimum absolute atomic E-state index is 0.115. The van der Waals surface area contributed by atoms with Crippen LogP contribution in [-0.2, 0) is 15.8 Å². The number of halogens is 2. The summed E-state index contributed by atoms with van der Waals surface area (Å²) in [5, 5.41) is 0.539. The SMILES string of the molecule is CCN(CC)S(=O)(=O)c1ccc(SCc2nccn2C(F)F)nc1. The van der Waals surface area contributed by atoms with E-state index in [2.05, 4.69) is 9.97 Å². The van der Waals surface area contributed by atoms with Gasteiger partial charge in [-0.05, 0) is 12.1 Å². The fraction of sp³-hybridized carbons (Fsp3) is 0.429. The van der Waals surface area contributed by atoms with Crippen LogP contribution >= 0.6 is 11.8 Å². The van der Waals surface area contributed by atoms with Crippen molar-refractivity contribution in [3.8, 4) is 0 Å². The molecule has 2 heterocycles. The summed E-state index contributed by atoms with van der Waals surface area (Å²) in [6.07, 6.45) is 3.82. The van der Waals surface area contributed by atoms with Gasteiger partial charge in [0.15, 0.2) is 0 Å². The Morgan fingerprint density at radius 1 is 1.25 bits per heavy atom. The van der Waals surface area contributed by atoms with Crippen molar-refractivity contribution in [2.75, 3.05) is 13.1 Å². The maximum atomic E-state index is 12.7. The number of sulfonamides is 1. The molecule has 2 rings (SSSR count). The Bertz CT molecular complexity index is 759. The number of nitrogens with zero attached hydrogens (tertiary/aromatic N) is 4. The fourth-order valence-corrected chi connectivity index (χ4v) is 4.29. The molecule has 0 N–H and O–H groups in total. The number of hydrogen-bond acceptors (Lipinski definition) is 5. The van der Waals surface area contributed by atoms with Crippen LogP contribution in [0.25, 0.3) is 0 Å². The summed E-state index contributed by atoms with van der Waals surface area (Å²) in [4.78, 5) is 8.10. The Labute approximate surface area is 144 Å². The van der Waals surface area contributed by atoms with E-state index in [1.54, 1.807) is 19.9 Å². The molecule has 0 spiro atoms. The summed E-state index contributed by atoms with van der Waals surface area (Å²) in [6, 6.07) is 3.04. The molecule has 0 aromatic carbocycles. The first-order valence-corrected chi connectivity index (χ1v) is 9.71. The highest BCUT2D eigenvalue weighted by atomic mass is 32.2. The zero-order valence-electron chi connectivity index (χ0n) is 13.3. The molecule has 0 aliphatic heterocycles. The Kier molecular flexibility index (Phi) is 6.30. The number of hydrogen-bond donors (Lipinski definition) is 0. The molecule has 0 aliphatic carbocycles. The molecule has 0 radical (unpaired) electrons. The highest BCUT2D eigenvalue weighted by Gasteiger charge is 2.21. The van der Waals surface area contributed by atoms with Gasteiger partial charge in [-0.15, -0.1) is 0 Å². The van der Waals surface area contributed by atoms with Crippen molar-refractivity contribution in [2.24, 2.45) is 0 Å². The van der Waals surface area contributed by atoms with Gasteiger partial charge in [0.05, 0.1) is 10.8 Å². The molecule has 0 saturated carbocycles. The van der Waals surface area contributed by atoms with Crippen LogP contribution in [-0.4, -0.2) is 40.3 Å². The zero-order chi connectivity index (χ0) is 17.7. The third-order valence-electron chi connectivity index (χ3n) is 3.36. The normalized spacial score (nSPS) is 12.2. The number of alkyl halides is 2. The Hall–Kier alpha value is -1.52. The van der Waals surface area contributed by atoms with Crippen molar-refractivity contribution in [2.45, 2.75) is 36.1 Å². The molecule has 2 aromatic rings. The molecule has 0 atom stereocenters. The van der Waals surface area contributed by atoms with E-state index in [4.69, 9.17) is 0 Å². The zero-order valence-corrected chi connectivity index (χ0v) is 14.9. The Morgan fingerprint density at radius 3 is 2.50 bits per heavy atom. The van der Waals surface area contributed by atoms with Gasteiger partial charge >= 0.3 is 6.55 Å². The van der Waals surface area contributed by atoms with E-state index in [9.17, 15) is 17.2 Å². The van der Waals surface area contributed by atoms with Gasteiger partial charge in [-0.1, -0.05) is 25.6 Å². The lowest BCUT2D eigenvalue weighted by atomic mass is 10.5. The molecule has 10 heteroatoms. The topological polar surface area (TPSA) is 68.1 Å². The van der Waals surface area contributed by atoms with Crippen LogP contribution in [0.15, 0.2) is 40.6 Å². The van der Waals surface area contributed by atoms with E-state index < -0.39 is 16.6 Å². The molecule has 0 saturated heterocycles. The van der Waals surface area contributed by atoms with Gasteiger partial charge in [0, 0.05) is 31.7 Å². The summed E-state index contributed by atoms with van der Waals surface area (Å²) in [5.41, 5.74) is 0. The largest absolute Gasteiger partial charge is 0.319 e. The highest BCUT2D eigenvalue weighted by molar-refractivity contribution is 7.98. The summed E-state index contributed by atoms with van der Waals surface area (Å²) in [7, 11) is -3.55. The lowest BCUT2D eigenvalue weighted by Gasteiger charge is -2.18. The van der Waals surface area contributed by atoms with Gasteiger partial charge in [0.1, 0.15) is 10.7 Å². The third-order valence-corrected chi connectivity index (χ3v) is 6.33. The molecular weight excluding hydrogens is 358 g/mol. The second kappa shape index (κ2) is 8.04. The Balaban J connectivity index is 2.08.